The third kappa shape index (κ3) is 8.85. The lowest BCUT2D eigenvalue weighted by atomic mass is 10.1. The predicted octanol–water partition coefficient (Wildman–Crippen LogP) is 5.34. The average Bonchev–Trinajstić information content (AvgIpc) is 3.07. The van der Waals surface area contributed by atoms with Crippen molar-refractivity contribution in [2.24, 2.45) is 0 Å². The van der Waals surface area contributed by atoms with Crippen LogP contribution in [-0.4, -0.2) is 56.5 Å². The number of ether oxygens (including phenoxy) is 2. The molecule has 0 bridgehead atoms. The van der Waals surface area contributed by atoms with Crippen LogP contribution in [0.2, 0.25) is 0 Å². The molecule has 1 aromatic rings. The summed E-state index contributed by atoms with van der Waals surface area (Å²) in [5.41, 5.74) is 0.679. The van der Waals surface area contributed by atoms with Crippen molar-refractivity contribution < 1.29 is 34.1 Å². The quantitative estimate of drug-likeness (QED) is 0.168. The monoisotopic (exact) mass is 523 g/mol. The van der Waals surface area contributed by atoms with Crippen LogP contribution in [0.25, 0.3) is 6.08 Å². The number of carbonyl (C=O) groups is 3. The summed E-state index contributed by atoms with van der Waals surface area (Å²) in [6.45, 7) is 5.11. The maximum atomic E-state index is 12.9. The van der Waals surface area contributed by atoms with E-state index in [-0.39, 0.29) is 22.1 Å². The number of thioether (sulfide) groups is 1. The van der Waals surface area contributed by atoms with Gasteiger partial charge in [-0.3, -0.25) is 14.5 Å². The Balaban J connectivity index is 2.10. The minimum atomic E-state index is -1.33. The highest BCUT2D eigenvalue weighted by molar-refractivity contribution is 8.26. The van der Waals surface area contributed by atoms with E-state index in [9.17, 15) is 19.5 Å². The van der Waals surface area contributed by atoms with Gasteiger partial charge in [0, 0.05) is 6.42 Å². The van der Waals surface area contributed by atoms with Gasteiger partial charge in [0.2, 0.25) is 0 Å². The molecule has 35 heavy (non-hydrogen) atoms. The van der Waals surface area contributed by atoms with Gasteiger partial charge in [-0.2, -0.15) is 0 Å². The van der Waals surface area contributed by atoms with Gasteiger partial charge >= 0.3 is 11.9 Å². The molecule has 2 rings (SSSR count). The van der Waals surface area contributed by atoms with Crippen LogP contribution in [0.4, 0.5) is 0 Å². The van der Waals surface area contributed by atoms with Crippen molar-refractivity contribution in [2.75, 3.05) is 13.2 Å². The summed E-state index contributed by atoms with van der Waals surface area (Å²) in [5, 5.41) is 18.4. The van der Waals surface area contributed by atoms with E-state index in [1.165, 1.54) is 25.7 Å². The topological polar surface area (TPSA) is 113 Å². The summed E-state index contributed by atoms with van der Waals surface area (Å²) in [5.74, 6) is -1.80. The average molecular weight is 524 g/mol. The molecule has 1 heterocycles. The van der Waals surface area contributed by atoms with Gasteiger partial charge in [0.1, 0.15) is 10.4 Å². The summed E-state index contributed by atoms with van der Waals surface area (Å²) in [4.78, 5) is 36.8. The van der Waals surface area contributed by atoms with Crippen LogP contribution in [0, 0.1) is 0 Å². The Kier molecular flexibility index (Phi) is 12.1. The van der Waals surface area contributed by atoms with Gasteiger partial charge in [-0.25, -0.2) is 4.79 Å². The number of aliphatic carboxylic acids is 2. The van der Waals surface area contributed by atoms with Gasteiger partial charge in [0.15, 0.2) is 11.5 Å². The zero-order valence-electron chi connectivity index (χ0n) is 20.2. The fourth-order valence-electron chi connectivity index (χ4n) is 3.59. The molecule has 10 heteroatoms. The van der Waals surface area contributed by atoms with Gasteiger partial charge in [-0.05, 0) is 43.5 Å². The van der Waals surface area contributed by atoms with E-state index in [2.05, 4.69) is 6.92 Å². The molecule has 0 spiro atoms. The van der Waals surface area contributed by atoms with Crippen LogP contribution in [-0.2, 0) is 14.4 Å². The van der Waals surface area contributed by atoms with E-state index in [0.29, 0.717) is 30.3 Å². The van der Waals surface area contributed by atoms with Gasteiger partial charge in [-0.1, -0.05) is 69.1 Å². The number of nitrogens with zero attached hydrogens (tertiary/aromatic N) is 1. The Morgan fingerprint density at radius 2 is 1.80 bits per heavy atom. The number of unbranched alkanes of at least 4 members (excludes halogenated alkanes) is 5. The first-order valence-electron chi connectivity index (χ1n) is 11.9. The number of carboxylic acids is 2. The van der Waals surface area contributed by atoms with Crippen LogP contribution in [0.1, 0.15) is 70.8 Å². The molecule has 1 aliphatic rings. The minimum absolute atomic E-state index is 0.0861. The highest BCUT2D eigenvalue weighted by atomic mass is 32.2. The van der Waals surface area contributed by atoms with Gasteiger partial charge in [0.05, 0.1) is 18.1 Å². The predicted molar refractivity (Wildman–Crippen MR) is 140 cm³/mol. The Labute approximate surface area is 215 Å². The van der Waals surface area contributed by atoms with Gasteiger partial charge < -0.3 is 19.7 Å². The fourth-order valence-corrected chi connectivity index (χ4v) is 4.95. The molecule has 2 N–H and O–H groups in total. The van der Waals surface area contributed by atoms with E-state index < -0.39 is 23.9 Å². The molecule has 1 aliphatic heterocycles. The number of thiocarbonyl (C=S) groups is 1. The Morgan fingerprint density at radius 3 is 2.46 bits per heavy atom. The number of benzene rings is 1. The Hall–Kier alpha value is -2.59. The summed E-state index contributed by atoms with van der Waals surface area (Å²) in [7, 11) is 0. The number of rotatable bonds is 16. The van der Waals surface area contributed by atoms with Crippen LogP contribution >= 0.6 is 24.0 Å². The van der Waals surface area contributed by atoms with Crippen molar-refractivity contribution in [3.05, 3.63) is 28.7 Å². The SMILES string of the molecule is CCCCCCCCOc1ccc(/C=C2/SC(=S)N([C@@H](CCC(=O)O)C(=O)O)C2=O)cc1OCC. The van der Waals surface area contributed by atoms with Crippen LogP contribution in [0.5, 0.6) is 11.5 Å². The number of hydrogen-bond donors (Lipinski definition) is 2. The molecule has 192 valence electrons. The normalized spacial score (nSPS) is 15.5. The third-order valence-electron chi connectivity index (χ3n) is 5.37. The second-order valence-electron chi connectivity index (χ2n) is 8.09. The smallest absolute Gasteiger partial charge is 0.326 e. The molecule has 0 saturated carbocycles. The molecular formula is C25H33NO7S2. The lowest BCUT2D eigenvalue weighted by molar-refractivity contribution is -0.146. The molecule has 1 aromatic carbocycles. The maximum absolute atomic E-state index is 12.9. The molecule has 0 aromatic heterocycles. The second-order valence-corrected chi connectivity index (χ2v) is 9.77. The standard InChI is InChI=1S/C25H33NO7S2/c1-3-5-6-7-8-9-14-33-19-12-10-17(15-20(19)32-4-2)16-21-23(29)26(25(34)35-21)18(24(30)31)11-13-22(27)28/h10,12,15-16,18H,3-9,11,13-14H2,1-2H3,(H,27,28)(H,30,31)/b21-16+/t18-/m0/s1. The molecule has 1 atom stereocenters. The summed E-state index contributed by atoms with van der Waals surface area (Å²) >= 11 is 6.23. The van der Waals surface area contributed by atoms with Crippen LogP contribution < -0.4 is 9.47 Å². The number of hydrogen-bond acceptors (Lipinski definition) is 7. The van der Waals surface area contributed by atoms with Crippen molar-refractivity contribution in [1.29, 1.82) is 0 Å². The first-order chi connectivity index (χ1) is 16.8. The number of carbonyl (C=O) groups excluding carboxylic acids is 1. The Morgan fingerprint density at radius 1 is 1.09 bits per heavy atom. The highest BCUT2D eigenvalue weighted by Gasteiger charge is 2.40. The van der Waals surface area contributed by atoms with Gasteiger partial charge in [0.25, 0.3) is 5.91 Å². The number of amides is 1. The van der Waals surface area contributed by atoms with E-state index >= 15 is 0 Å². The highest BCUT2D eigenvalue weighted by Crippen LogP contribution is 2.36. The van der Waals surface area contributed by atoms with E-state index in [1.54, 1.807) is 24.3 Å². The van der Waals surface area contributed by atoms with E-state index in [0.717, 1.165) is 29.5 Å². The second kappa shape index (κ2) is 14.7. The molecule has 1 fully saturated rings. The third-order valence-corrected chi connectivity index (χ3v) is 6.70. The summed E-state index contributed by atoms with van der Waals surface area (Å²) in [6.07, 6.45) is 8.01. The molecule has 0 aliphatic carbocycles. The van der Waals surface area contributed by atoms with E-state index in [4.69, 9.17) is 26.8 Å². The zero-order valence-corrected chi connectivity index (χ0v) is 21.8. The van der Waals surface area contributed by atoms with Crippen molar-refractivity contribution in [2.45, 2.75) is 71.3 Å². The molecular weight excluding hydrogens is 490 g/mol. The fraction of sp³-hybridized carbons (Fsp3) is 0.520. The Bertz CT molecular complexity index is 948. The van der Waals surface area contributed by atoms with Crippen molar-refractivity contribution in [3.63, 3.8) is 0 Å². The molecule has 1 saturated heterocycles. The first kappa shape index (κ1) is 28.6. The molecule has 0 radical (unpaired) electrons. The lowest BCUT2D eigenvalue weighted by Crippen LogP contribution is -2.44. The summed E-state index contributed by atoms with van der Waals surface area (Å²) < 4.78 is 11.7. The van der Waals surface area contributed by atoms with Crippen LogP contribution in [0.15, 0.2) is 23.1 Å². The largest absolute Gasteiger partial charge is 0.490 e. The maximum Gasteiger partial charge on any atom is 0.326 e. The molecule has 8 nitrogen and oxygen atoms in total. The summed E-state index contributed by atoms with van der Waals surface area (Å²) in [6, 6.07) is 4.03. The number of carboxylic acid groups (broad SMARTS) is 2. The van der Waals surface area contributed by atoms with Crippen molar-refractivity contribution >= 4 is 52.2 Å². The van der Waals surface area contributed by atoms with Crippen molar-refractivity contribution in [3.8, 4) is 11.5 Å². The zero-order chi connectivity index (χ0) is 25.8. The molecule has 1 amide bonds. The van der Waals surface area contributed by atoms with E-state index in [1.807, 2.05) is 6.92 Å². The first-order valence-corrected chi connectivity index (χ1v) is 13.1. The van der Waals surface area contributed by atoms with Crippen LogP contribution in [0.3, 0.4) is 0 Å². The van der Waals surface area contributed by atoms with Gasteiger partial charge in [-0.15, -0.1) is 0 Å². The minimum Gasteiger partial charge on any atom is -0.490 e. The van der Waals surface area contributed by atoms with Crippen molar-refractivity contribution in [1.82, 2.24) is 4.90 Å². The molecule has 0 unspecified atom stereocenters. The lowest BCUT2D eigenvalue weighted by Gasteiger charge is -2.22.